The molecule has 4 heteroatoms. The minimum absolute atomic E-state index is 0.00593. The van der Waals surface area contributed by atoms with Crippen LogP contribution >= 0.6 is 0 Å². The molecule has 4 heterocycles. The molecule has 0 radical (unpaired) electrons. The predicted octanol–water partition coefficient (Wildman–Crippen LogP) is 3.04. The van der Waals surface area contributed by atoms with E-state index in [-0.39, 0.29) is 11.6 Å². The zero-order valence-corrected chi connectivity index (χ0v) is 13.1. The SMILES string of the molecule is C=Cc1cncc2c(=O)n3c(cc12)C1=NC2C=CC=CC2=C1CC3. The van der Waals surface area contributed by atoms with Gasteiger partial charge in [0.15, 0.2) is 0 Å². The highest BCUT2D eigenvalue weighted by Gasteiger charge is 2.31. The topological polar surface area (TPSA) is 47.2 Å². The zero-order chi connectivity index (χ0) is 16.3. The highest BCUT2D eigenvalue weighted by molar-refractivity contribution is 6.16. The van der Waals surface area contributed by atoms with Gasteiger partial charge >= 0.3 is 0 Å². The van der Waals surface area contributed by atoms with Crippen LogP contribution in [0.15, 0.2) is 70.3 Å². The lowest BCUT2D eigenvalue weighted by atomic mass is 9.92. The van der Waals surface area contributed by atoms with Gasteiger partial charge in [-0.25, -0.2) is 0 Å². The molecule has 1 aliphatic carbocycles. The molecule has 0 fully saturated rings. The van der Waals surface area contributed by atoms with Crippen molar-refractivity contribution in [2.75, 3.05) is 0 Å². The molecule has 1 atom stereocenters. The Morgan fingerprint density at radius 2 is 2.17 bits per heavy atom. The summed E-state index contributed by atoms with van der Waals surface area (Å²) in [5.74, 6) is 0. The van der Waals surface area contributed by atoms with Gasteiger partial charge in [-0.1, -0.05) is 37.0 Å². The standard InChI is InChI=1S/C20H15N3O/c1-2-12-10-21-11-16-15(12)9-18-19-14(7-8-23(18)20(16)24)13-5-3-4-6-17(13)22-19/h2-6,9-11,17H,1,7-8H2. The second kappa shape index (κ2) is 4.74. The highest BCUT2D eigenvalue weighted by Crippen LogP contribution is 2.34. The van der Waals surface area contributed by atoms with Crippen LogP contribution in [0.5, 0.6) is 0 Å². The number of hydrogen-bond donors (Lipinski definition) is 0. The van der Waals surface area contributed by atoms with E-state index in [0.29, 0.717) is 11.9 Å². The van der Waals surface area contributed by atoms with Crippen LogP contribution < -0.4 is 5.56 Å². The summed E-state index contributed by atoms with van der Waals surface area (Å²) in [6.07, 6.45) is 14.3. The van der Waals surface area contributed by atoms with E-state index < -0.39 is 0 Å². The molecule has 3 aliphatic rings. The van der Waals surface area contributed by atoms with Gasteiger partial charge in [0.1, 0.15) is 0 Å². The van der Waals surface area contributed by atoms with E-state index in [9.17, 15) is 4.79 Å². The number of nitrogens with zero attached hydrogens (tertiary/aromatic N) is 3. The van der Waals surface area contributed by atoms with Gasteiger partial charge in [0, 0.05) is 24.5 Å². The first-order chi connectivity index (χ1) is 11.8. The Morgan fingerprint density at radius 3 is 3.04 bits per heavy atom. The van der Waals surface area contributed by atoms with E-state index >= 15 is 0 Å². The molecule has 4 nitrogen and oxygen atoms in total. The Kier molecular flexibility index (Phi) is 2.65. The lowest BCUT2D eigenvalue weighted by Gasteiger charge is -2.22. The van der Waals surface area contributed by atoms with Crippen molar-refractivity contribution < 1.29 is 0 Å². The van der Waals surface area contributed by atoms with Crippen LogP contribution in [0.3, 0.4) is 0 Å². The molecular weight excluding hydrogens is 298 g/mol. The quantitative estimate of drug-likeness (QED) is 0.812. The minimum Gasteiger partial charge on any atom is -0.306 e. The first-order valence-electron chi connectivity index (χ1n) is 8.08. The average molecular weight is 313 g/mol. The highest BCUT2D eigenvalue weighted by atomic mass is 16.1. The summed E-state index contributed by atoms with van der Waals surface area (Å²) >= 11 is 0. The van der Waals surface area contributed by atoms with Crippen molar-refractivity contribution in [3.8, 4) is 0 Å². The van der Waals surface area contributed by atoms with Crippen LogP contribution in [0.2, 0.25) is 0 Å². The van der Waals surface area contributed by atoms with Gasteiger partial charge in [-0.05, 0) is 29.0 Å². The smallest absolute Gasteiger partial charge is 0.260 e. The maximum absolute atomic E-state index is 12.9. The van der Waals surface area contributed by atoms with Gasteiger partial charge < -0.3 is 4.57 Å². The molecule has 0 amide bonds. The number of hydrogen-bond acceptors (Lipinski definition) is 3. The molecule has 0 saturated heterocycles. The van der Waals surface area contributed by atoms with E-state index in [1.54, 1.807) is 18.5 Å². The lowest BCUT2D eigenvalue weighted by Crippen LogP contribution is -2.31. The fraction of sp³-hybridized carbons (Fsp3) is 0.150. The van der Waals surface area contributed by atoms with Gasteiger partial charge in [-0.2, -0.15) is 0 Å². The maximum atomic E-state index is 12.9. The molecule has 2 aromatic rings. The molecule has 2 aromatic heterocycles. The number of pyridine rings is 2. The Bertz CT molecular complexity index is 1100. The summed E-state index contributed by atoms with van der Waals surface area (Å²) in [4.78, 5) is 22.0. The first kappa shape index (κ1) is 13.4. The van der Waals surface area contributed by atoms with Crippen molar-refractivity contribution in [2.24, 2.45) is 4.99 Å². The number of rotatable bonds is 1. The molecule has 0 spiro atoms. The summed E-state index contributed by atoms with van der Waals surface area (Å²) < 4.78 is 1.84. The average Bonchev–Trinajstić information content (AvgIpc) is 3.01. The monoisotopic (exact) mass is 313 g/mol. The summed E-state index contributed by atoms with van der Waals surface area (Å²) in [5, 5.41) is 1.54. The van der Waals surface area contributed by atoms with E-state index in [4.69, 9.17) is 4.99 Å². The maximum Gasteiger partial charge on any atom is 0.260 e. The number of aliphatic imine (C=N–C) groups is 1. The van der Waals surface area contributed by atoms with Crippen molar-refractivity contribution in [1.29, 1.82) is 0 Å². The molecule has 0 aromatic carbocycles. The van der Waals surface area contributed by atoms with E-state index in [2.05, 4.69) is 35.9 Å². The second-order valence-electron chi connectivity index (χ2n) is 6.23. The summed E-state index contributed by atoms with van der Waals surface area (Å²) in [6.45, 7) is 4.53. The number of allylic oxidation sites excluding steroid dienone is 3. The zero-order valence-electron chi connectivity index (χ0n) is 13.1. The van der Waals surface area contributed by atoms with E-state index in [1.165, 1.54) is 11.1 Å². The fourth-order valence-corrected chi connectivity index (χ4v) is 3.85. The molecule has 116 valence electrons. The van der Waals surface area contributed by atoms with Crippen molar-refractivity contribution in [3.63, 3.8) is 0 Å². The Hall–Kier alpha value is -3.01. The summed E-state index contributed by atoms with van der Waals surface area (Å²) in [7, 11) is 0. The van der Waals surface area contributed by atoms with Gasteiger partial charge in [-0.15, -0.1) is 0 Å². The third-order valence-corrected chi connectivity index (χ3v) is 5.02. The van der Waals surface area contributed by atoms with Gasteiger partial charge in [-0.3, -0.25) is 14.8 Å². The molecular formula is C20H15N3O. The molecule has 0 bridgehead atoms. The van der Waals surface area contributed by atoms with Gasteiger partial charge in [0.25, 0.3) is 5.56 Å². The number of fused-ring (bicyclic) bond motifs is 5. The van der Waals surface area contributed by atoms with Crippen molar-refractivity contribution in [1.82, 2.24) is 9.55 Å². The van der Waals surface area contributed by atoms with Gasteiger partial charge in [0.2, 0.25) is 0 Å². The molecule has 5 rings (SSSR count). The van der Waals surface area contributed by atoms with Crippen LogP contribution in [-0.4, -0.2) is 21.3 Å². The summed E-state index contributed by atoms with van der Waals surface area (Å²) in [5.41, 5.74) is 5.29. The summed E-state index contributed by atoms with van der Waals surface area (Å²) in [6, 6.07) is 2.16. The third kappa shape index (κ3) is 1.65. The van der Waals surface area contributed by atoms with Crippen LogP contribution in [0.1, 0.15) is 17.7 Å². The molecule has 24 heavy (non-hydrogen) atoms. The first-order valence-corrected chi connectivity index (χ1v) is 8.08. The van der Waals surface area contributed by atoms with Gasteiger partial charge in [0.05, 0.1) is 22.8 Å². The largest absolute Gasteiger partial charge is 0.306 e. The van der Waals surface area contributed by atoms with E-state index in [0.717, 1.165) is 28.8 Å². The van der Waals surface area contributed by atoms with Crippen LogP contribution in [0.4, 0.5) is 0 Å². The minimum atomic E-state index is 0.00593. The van der Waals surface area contributed by atoms with Crippen molar-refractivity contribution in [3.05, 3.63) is 82.1 Å². The van der Waals surface area contributed by atoms with Crippen LogP contribution in [0, 0.1) is 0 Å². The normalized spacial score (nSPS) is 20.7. The Morgan fingerprint density at radius 1 is 1.25 bits per heavy atom. The molecule has 0 saturated carbocycles. The lowest BCUT2D eigenvalue weighted by molar-refractivity contribution is 0.657. The molecule has 1 unspecified atom stereocenters. The number of aromatic nitrogens is 2. The second-order valence-corrected chi connectivity index (χ2v) is 6.23. The van der Waals surface area contributed by atoms with Crippen molar-refractivity contribution in [2.45, 2.75) is 19.0 Å². The molecule has 2 aliphatic heterocycles. The van der Waals surface area contributed by atoms with Crippen molar-refractivity contribution >= 4 is 22.6 Å². The Balaban J connectivity index is 1.84. The molecule has 0 N–H and O–H groups in total. The van der Waals surface area contributed by atoms with Crippen LogP contribution in [-0.2, 0) is 6.54 Å². The predicted molar refractivity (Wildman–Crippen MR) is 96.3 cm³/mol. The fourth-order valence-electron chi connectivity index (χ4n) is 3.85. The van der Waals surface area contributed by atoms with Crippen LogP contribution in [0.25, 0.3) is 16.8 Å². The Labute approximate surface area is 138 Å². The third-order valence-electron chi connectivity index (χ3n) is 5.02. The van der Waals surface area contributed by atoms with E-state index in [1.807, 2.05) is 10.6 Å².